The van der Waals surface area contributed by atoms with Crippen molar-refractivity contribution in [3.63, 3.8) is 0 Å². The Kier molecular flexibility index (Phi) is 4.26. The predicted octanol–water partition coefficient (Wildman–Crippen LogP) is 3.15. The molecule has 1 aliphatic rings. The molecule has 0 bridgehead atoms. The van der Waals surface area contributed by atoms with Crippen LogP contribution in [-0.4, -0.2) is 23.9 Å². The minimum Gasteiger partial charge on any atom is -0.508 e. The quantitative estimate of drug-likeness (QED) is 0.788. The van der Waals surface area contributed by atoms with Crippen molar-refractivity contribution in [2.45, 2.75) is 44.8 Å². The molecule has 2 rings (SSSR count). The van der Waals surface area contributed by atoms with Crippen LogP contribution >= 0.6 is 0 Å². The molecule has 0 saturated carbocycles. The van der Waals surface area contributed by atoms with Crippen LogP contribution in [0.1, 0.15) is 32.6 Å². The van der Waals surface area contributed by atoms with E-state index in [1.54, 1.807) is 12.1 Å². The number of hydrogen-bond donors (Lipinski definition) is 2. The van der Waals surface area contributed by atoms with Gasteiger partial charge in [0.2, 0.25) is 0 Å². The fourth-order valence-corrected chi connectivity index (χ4v) is 2.33. The third-order valence-electron chi connectivity index (χ3n) is 3.22. The van der Waals surface area contributed by atoms with Crippen molar-refractivity contribution in [2.75, 3.05) is 11.9 Å². The Morgan fingerprint density at radius 1 is 1.35 bits per heavy atom. The molecule has 1 fully saturated rings. The fourth-order valence-electron chi connectivity index (χ4n) is 2.33. The molecule has 0 amide bonds. The molecule has 2 N–H and O–H groups in total. The molecule has 2 atom stereocenters. The lowest BCUT2D eigenvalue weighted by Gasteiger charge is -2.30. The molecule has 3 nitrogen and oxygen atoms in total. The molecule has 0 spiro atoms. The monoisotopic (exact) mass is 235 g/mol. The summed E-state index contributed by atoms with van der Waals surface area (Å²) >= 11 is 0. The second-order valence-electron chi connectivity index (χ2n) is 4.69. The van der Waals surface area contributed by atoms with E-state index >= 15 is 0 Å². The molecular weight excluding hydrogens is 214 g/mol. The first-order chi connectivity index (χ1) is 8.28. The van der Waals surface area contributed by atoms with Crippen molar-refractivity contribution in [1.82, 2.24) is 0 Å². The third-order valence-corrected chi connectivity index (χ3v) is 3.22. The molecule has 1 heterocycles. The summed E-state index contributed by atoms with van der Waals surface area (Å²) in [5, 5.41) is 12.7. The van der Waals surface area contributed by atoms with Gasteiger partial charge in [-0.3, -0.25) is 0 Å². The van der Waals surface area contributed by atoms with Crippen LogP contribution in [0.25, 0.3) is 0 Å². The van der Waals surface area contributed by atoms with Crippen LogP contribution in [0.5, 0.6) is 5.75 Å². The van der Waals surface area contributed by atoms with E-state index in [4.69, 9.17) is 4.74 Å². The Bertz CT molecular complexity index is 335. The third kappa shape index (κ3) is 3.63. The maximum absolute atomic E-state index is 9.23. The summed E-state index contributed by atoms with van der Waals surface area (Å²) < 4.78 is 5.73. The zero-order valence-electron chi connectivity index (χ0n) is 10.4. The smallest absolute Gasteiger partial charge is 0.115 e. The average molecular weight is 235 g/mol. The van der Waals surface area contributed by atoms with Crippen molar-refractivity contribution < 1.29 is 9.84 Å². The van der Waals surface area contributed by atoms with Crippen LogP contribution in [0.15, 0.2) is 24.3 Å². The van der Waals surface area contributed by atoms with E-state index in [0.717, 1.165) is 31.6 Å². The largest absolute Gasteiger partial charge is 0.508 e. The topological polar surface area (TPSA) is 41.5 Å². The number of aromatic hydroxyl groups is 1. The zero-order chi connectivity index (χ0) is 12.1. The van der Waals surface area contributed by atoms with Gasteiger partial charge in [-0.2, -0.15) is 0 Å². The Morgan fingerprint density at radius 3 is 2.82 bits per heavy atom. The van der Waals surface area contributed by atoms with Crippen LogP contribution in [0, 0.1) is 0 Å². The average Bonchev–Trinajstić information content (AvgIpc) is 2.33. The highest BCUT2D eigenvalue weighted by atomic mass is 16.5. The zero-order valence-corrected chi connectivity index (χ0v) is 10.4. The first-order valence-corrected chi connectivity index (χ1v) is 6.45. The molecule has 1 aliphatic heterocycles. The van der Waals surface area contributed by atoms with E-state index in [9.17, 15) is 5.11 Å². The first kappa shape index (κ1) is 12.2. The van der Waals surface area contributed by atoms with Gasteiger partial charge >= 0.3 is 0 Å². The van der Waals surface area contributed by atoms with Gasteiger partial charge in [0.15, 0.2) is 0 Å². The van der Waals surface area contributed by atoms with Gasteiger partial charge in [-0.15, -0.1) is 0 Å². The highest BCUT2D eigenvalue weighted by Crippen LogP contribution is 2.22. The van der Waals surface area contributed by atoms with Gasteiger partial charge in [-0.25, -0.2) is 0 Å². The Labute approximate surface area is 103 Å². The van der Waals surface area contributed by atoms with E-state index in [1.165, 1.54) is 6.42 Å². The van der Waals surface area contributed by atoms with E-state index in [1.807, 2.05) is 12.1 Å². The maximum Gasteiger partial charge on any atom is 0.115 e. The minimum atomic E-state index is 0.311. The summed E-state index contributed by atoms with van der Waals surface area (Å²) in [6, 6.07) is 7.75. The van der Waals surface area contributed by atoms with Crippen molar-refractivity contribution in [2.24, 2.45) is 0 Å². The summed E-state index contributed by atoms with van der Waals surface area (Å²) in [5.74, 6) is 0.311. The van der Waals surface area contributed by atoms with Gasteiger partial charge in [0.05, 0.1) is 6.10 Å². The van der Waals surface area contributed by atoms with Gasteiger partial charge in [0.25, 0.3) is 0 Å². The van der Waals surface area contributed by atoms with Crippen LogP contribution in [0.4, 0.5) is 5.69 Å². The van der Waals surface area contributed by atoms with Crippen molar-refractivity contribution in [3.8, 4) is 5.75 Å². The van der Waals surface area contributed by atoms with E-state index in [-0.39, 0.29) is 0 Å². The number of rotatable bonds is 4. The standard InChI is InChI=1S/C14H21NO2/c1-2-3-14-10-12(8-9-17-14)15-11-4-6-13(16)7-5-11/h4-7,12,14-16H,2-3,8-10H2,1H3. The molecule has 0 aromatic heterocycles. The summed E-state index contributed by atoms with van der Waals surface area (Å²) in [6.45, 7) is 3.04. The molecular formula is C14H21NO2. The number of anilines is 1. The highest BCUT2D eigenvalue weighted by molar-refractivity contribution is 5.46. The van der Waals surface area contributed by atoms with E-state index in [0.29, 0.717) is 17.9 Å². The van der Waals surface area contributed by atoms with Crippen molar-refractivity contribution >= 4 is 5.69 Å². The Morgan fingerprint density at radius 2 is 2.12 bits per heavy atom. The molecule has 17 heavy (non-hydrogen) atoms. The molecule has 2 unspecified atom stereocenters. The summed E-state index contributed by atoms with van der Waals surface area (Å²) in [4.78, 5) is 0. The second kappa shape index (κ2) is 5.92. The molecule has 1 saturated heterocycles. The number of ether oxygens (including phenoxy) is 1. The molecule has 1 aromatic carbocycles. The van der Waals surface area contributed by atoms with Crippen molar-refractivity contribution in [1.29, 1.82) is 0 Å². The number of hydrogen-bond acceptors (Lipinski definition) is 3. The number of phenolic OH excluding ortho intramolecular Hbond substituents is 1. The summed E-state index contributed by atoms with van der Waals surface area (Å²) in [7, 11) is 0. The number of benzene rings is 1. The highest BCUT2D eigenvalue weighted by Gasteiger charge is 2.21. The van der Waals surface area contributed by atoms with Crippen LogP contribution in [0.2, 0.25) is 0 Å². The number of phenols is 1. The lowest BCUT2D eigenvalue weighted by atomic mass is 10.00. The Balaban J connectivity index is 1.87. The fraction of sp³-hybridized carbons (Fsp3) is 0.571. The SMILES string of the molecule is CCCC1CC(Nc2ccc(O)cc2)CCO1. The second-order valence-corrected chi connectivity index (χ2v) is 4.69. The van der Waals surface area contributed by atoms with Crippen molar-refractivity contribution in [3.05, 3.63) is 24.3 Å². The molecule has 3 heteroatoms. The van der Waals surface area contributed by atoms with Crippen LogP contribution in [0.3, 0.4) is 0 Å². The normalized spacial score (nSPS) is 24.5. The van der Waals surface area contributed by atoms with Gasteiger partial charge in [-0.05, 0) is 43.5 Å². The van der Waals surface area contributed by atoms with E-state index < -0.39 is 0 Å². The minimum absolute atomic E-state index is 0.311. The summed E-state index contributed by atoms with van der Waals surface area (Å²) in [6.07, 6.45) is 4.86. The Hall–Kier alpha value is -1.22. The lowest BCUT2D eigenvalue weighted by molar-refractivity contribution is 0.00598. The molecule has 0 radical (unpaired) electrons. The maximum atomic E-state index is 9.23. The summed E-state index contributed by atoms with van der Waals surface area (Å²) in [5.41, 5.74) is 1.07. The van der Waals surface area contributed by atoms with Gasteiger partial charge in [0.1, 0.15) is 5.75 Å². The number of nitrogens with one attached hydrogen (secondary N) is 1. The van der Waals surface area contributed by atoms with Gasteiger partial charge in [0, 0.05) is 18.3 Å². The van der Waals surface area contributed by atoms with Gasteiger partial charge < -0.3 is 15.2 Å². The molecule has 94 valence electrons. The van der Waals surface area contributed by atoms with E-state index in [2.05, 4.69) is 12.2 Å². The van der Waals surface area contributed by atoms with Crippen LogP contribution < -0.4 is 5.32 Å². The van der Waals surface area contributed by atoms with Crippen LogP contribution in [-0.2, 0) is 4.74 Å². The van der Waals surface area contributed by atoms with Gasteiger partial charge in [-0.1, -0.05) is 13.3 Å². The lowest BCUT2D eigenvalue weighted by Crippen LogP contribution is -2.33. The predicted molar refractivity (Wildman–Crippen MR) is 69.4 cm³/mol. The first-order valence-electron chi connectivity index (χ1n) is 6.45. The molecule has 1 aromatic rings. The molecule has 0 aliphatic carbocycles.